The lowest BCUT2D eigenvalue weighted by molar-refractivity contribution is -0.133. The molecule has 3 amide bonds. The normalized spacial score (nSPS) is 24.6. The smallest absolute Gasteiger partial charge is 0.317 e. The molecule has 0 radical (unpaired) electrons. The highest BCUT2D eigenvalue weighted by Crippen LogP contribution is 2.31. The van der Waals surface area contributed by atoms with E-state index in [1.165, 1.54) is 19.3 Å². The number of nitrogens with zero attached hydrogens (tertiary/aromatic N) is 2. The third kappa shape index (κ3) is 3.25. The molecule has 3 aliphatic rings. The minimum absolute atomic E-state index is 0.0652. The molecule has 0 aromatic rings. The zero-order valence-electron chi connectivity index (χ0n) is 12.1. The van der Waals surface area contributed by atoms with Gasteiger partial charge in [-0.2, -0.15) is 0 Å². The Morgan fingerprint density at radius 3 is 2.00 bits per heavy atom. The topological polar surface area (TPSA) is 52.7 Å². The molecule has 0 atom stereocenters. The molecular weight excluding hydrogens is 254 g/mol. The number of rotatable bonds is 2. The number of carbonyl (C=O) groups excluding carboxylic acids is 2. The first kappa shape index (κ1) is 13.7. The quantitative estimate of drug-likeness (QED) is 0.834. The van der Waals surface area contributed by atoms with Gasteiger partial charge in [0.15, 0.2) is 0 Å². The van der Waals surface area contributed by atoms with Gasteiger partial charge in [-0.3, -0.25) is 4.79 Å². The maximum atomic E-state index is 12.2. The molecule has 5 heteroatoms. The zero-order chi connectivity index (χ0) is 13.9. The summed E-state index contributed by atoms with van der Waals surface area (Å²) in [5, 5.41) is 3.15. The Morgan fingerprint density at radius 2 is 1.40 bits per heavy atom. The van der Waals surface area contributed by atoms with E-state index >= 15 is 0 Å². The van der Waals surface area contributed by atoms with Crippen molar-refractivity contribution >= 4 is 11.9 Å². The van der Waals surface area contributed by atoms with Gasteiger partial charge in [0, 0.05) is 38.1 Å². The van der Waals surface area contributed by atoms with E-state index in [1.807, 2.05) is 9.80 Å². The first-order valence-electron chi connectivity index (χ1n) is 8.08. The van der Waals surface area contributed by atoms with Gasteiger partial charge >= 0.3 is 6.03 Å². The average Bonchev–Trinajstić information content (AvgIpc) is 3.32. The van der Waals surface area contributed by atoms with Crippen LogP contribution in [0.5, 0.6) is 0 Å². The van der Waals surface area contributed by atoms with Crippen LogP contribution in [0.15, 0.2) is 0 Å². The van der Waals surface area contributed by atoms with Gasteiger partial charge < -0.3 is 15.1 Å². The largest absolute Gasteiger partial charge is 0.339 e. The van der Waals surface area contributed by atoms with Crippen LogP contribution in [0.25, 0.3) is 0 Å². The lowest BCUT2D eigenvalue weighted by atomic mass is 9.96. The second-order valence-corrected chi connectivity index (χ2v) is 6.37. The third-order valence-corrected chi connectivity index (χ3v) is 4.74. The Labute approximate surface area is 120 Å². The summed E-state index contributed by atoms with van der Waals surface area (Å²) in [5.74, 6) is 0.593. The Balaban J connectivity index is 1.42. The molecule has 5 nitrogen and oxygen atoms in total. The van der Waals surface area contributed by atoms with Crippen molar-refractivity contribution in [2.75, 3.05) is 26.2 Å². The first-order valence-corrected chi connectivity index (χ1v) is 8.08. The second-order valence-electron chi connectivity index (χ2n) is 6.37. The summed E-state index contributed by atoms with van der Waals surface area (Å²) >= 11 is 0. The fourth-order valence-electron chi connectivity index (χ4n) is 3.23. The summed E-state index contributed by atoms with van der Waals surface area (Å²) in [6.45, 7) is 2.76. The van der Waals surface area contributed by atoms with Crippen molar-refractivity contribution < 1.29 is 9.59 Å². The van der Waals surface area contributed by atoms with Crippen molar-refractivity contribution in [1.82, 2.24) is 15.1 Å². The maximum absolute atomic E-state index is 12.2. The van der Waals surface area contributed by atoms with Crippen molar-refractivity contribution in [1.29, 1.82) is 0 Å². The van der Waals surface area contributed by atoms with Gasteiger partial charge in [-0.25, -0.2) is 4.79 Å². The Kier molecular flexibility index (Phi) is 4.13. The molecule has 3 fully saturated rings. The van der Waals surface area contributed by atoms with Gasteiger partial charge in [-0.05, 0) is 25.7 Å². The number of hydrogen-bond acceptors (Lipinski definition) is 2. The molecule has 0 unspecified atom stereocenters. The Morgan fingerprint density at radius 1 is 0.800 bits per heavy atom. The number of urea groups is 1. The molecule has 3 rings (SSSR count). The molecule has 1 aliphatic heterocycles. The number of carbonyl (C=O) groups is 2. The van der Waals surface area contributed by atoms with Gasteiger partial charge in [0.2, 0.25) is 5.91 Å². The van der Waals surface area contributed by atoms with Crippen LogP contribution in [0.4, 0.5) is 4.79 Å². The average molecular weight is 279 g/mol. The molecule has 1 saturated heterocycles. The minimum atomic E-state index is 0.0652. The molecule has 2 saturated carbocycles. The van der Waals surface area contributed by atoms with E-state index < -0.39 is 0 Å². The molecule has 1 heterocycles. The Bertz CT molecular complexity index is 367. The number of hydrogen-bond donors (Lipinski definition) is 1. The van der Waals surface area contributed by atoms with Crippen molar-refractivity contribution in [3.63, 3.8) is 0 Å². The van der Waals surface area contributed by atoms with Crippen molar-refractivity contribution in [2.24, 2.45) is 5.92 Å². The lowest BCUT2D eigenvalue weighted by Crippen LogP contribution is -2.55. The van der Waals surface area contributed by atoms with E-state index in [-0.39, 0.29) is 11.9 Å². The highest BCUT2D eigenvalue weighted by Gasteiger charge is 2.35. The van der Waals surface area contributed by atoms with E-state index in [9.17, 15) is 9.59 Å². The van der Waals surface area contributed by atoms with E-state index in [0.29, 0.717) is 38.1 Å². The van der Waals surface area contributed by atoms with Gasteiger partial charge in [0.1, 0.15) is 0 Å². The maximum Gasteiger partial charge on any atom is 0.317 e. The SMILES string of the molecule is O=C(NC1CCCCC1)N1CCN(C(=O)C2CC2)CC1. The summed E-state index contributed by atoms with van der Waals surface area (Å²) in [5.41, 5.74) is 0. The predicted molar refractivity (Wildman–Crippen MR) is 76.3 cm³/mol. The molecule has 0 bridgehead atoms. The van der Waals surface area contributed by atoms with Crippen molar-refractivity contribution in [3.8, 4) is 0 Å². The Hall–Kier alpha value is -1.26. The van der Waals surface area contributed by atoms with Gasteiger partial charge in [-0.15, -0.1) is 0 Å². The van der Waals surface area contributed by atoms with E-state index in [4.69, 9.17) is 0 Å². The fourth-order valence-corrected chi connectivity index (χ4v) is 3.23. The first-order chi connectivity index (χ1) is 9.74. The standard InChI is InChI=1S/C15H25N3O2/c19-14(12-6-7-12)17-8-10-18(11-9-17)15(20)16-13-4-2-1-3-5-13/h12-13H,1-11H2,(H,16,20). The van der Waals surface area contributed by atoms with Crippen LogP contribution in [0.1, 0.15) is 44.9 Å². The fraction of sp³-hybridized carbons (Fsp3) is 0.867. The summed E-state index contributed by atoms with van der Waals surface area (Å²) < 4.78 is 0. The van der Waals surface area contributed by atoms with Crippen LogP contribution in [-0.4, -0.2) is 54.0 Å². The van der Waals surface area contributed by atoms with Gasteiger partial charge in [-0.1, -0.05) is 19.3 Å². The molecule has 20 heavy (non-hydrogen) atoms. The minimum Gasteiger partial charge on any atom is -0.339 e. The van der Waals surface area contributed by atoms with Crippen LogP contribution in [0.2, 0.25) is 0 Å². The second kappa shape index (κ2) is 6.02. The monoisotopic (exact) mass is 279 g/mol. The molecular formula is C15H25N3O2. The molecule has 0 spiro atoms. The third-order valence-electron chi connectivity index (χ3n) is 4.74. The summed E-state index contributed by atoms with van der Waals surface area (Å²) in [6.07, 6.45) is 8.11. The van der Waals surface area contributed by atoms with Gasteiger partial charge in [0.25, 0.3) is 0 Å². The summed E-state index contributed by atoms with van der Waals surface area (Å²) in [6, 6.07) is 0.429. The molecule has 112 valence electrons. The van der Waals surface area contributed by atoms with Gasteiger partial charge in [0.05, 0.1) is 0 Å². The number of amides is 3. The summed E-state index contributed by atoms with van der Waals surface area (Å²) in [7, 11) is 0. The highest BCUT2D eigenvalue weighted by molar-refractivity contribution is 5.81. The zero-order valence-corrected chi connectivity index (χ0v) is 12.1. The van der Waals surface area contributed by atoms with E-state index in [2.05, 4.69) is 5.32 Å². The van der Waals surface area contributed by atoms with Crippen molar-refractivity contribution in [3.05, 3.63) is 0 Å². The van der Waals surface area contributed by atoms with Crippen LogP contribution in [-0.2, 0) is 4.79 Å². The predicted octanol–water partition coefficient (Wildman–Crippen LogP) is 1.58. The van der Waals surface area contributed by atoms with Crippen LogP contribution in [0, 0.1) is 5.92 Å². The summed E-state index contributed by atoms with van der Waals surface area (Å²) in [4.78, 5) is 28.0. The van der Waals surface area contributed by atoms with E-state index in [1.54, 1.807) is 0 Å². The van der Waals surface area contributed by atoms with Crippen LogP contribution in [0.3, 0.4) is 0 Å². The molecule has 1 N–H and O–H groups in total. The van der Waals surface area contributed by atoms with E-state index in [0.717, 1.165) is 25.7 Å². The number of piperazine rings is 1. The van der Waals surface area contributed by atoms with Crippen molar-refractivity contribution in [2.45, 2.75) is 51.0 Å². The molecule has 0 aromatic heterocycles. The highest BCUT2D eigenvalue weighted by atomic mass is 16.2. The van der Waals surface area contributed by atoms with Crippen LogP contribution < -0.4 is 5.32 Å². The molecule has 0 aromatic carbocycles. The molecule has 2 aliphatic carbocycles. The number of nitrogens with one attached hydrogen (secondary N) is 1. The van der Waals surface area contributed by atoms with Crippen LogP contribution >= 0.6 is 0 Å². The lowest BCUT2D eigenvalue weighted by Gasteiger charge is -2.36.